The van der Waals surface area contributed by atoms with E-state index in [1.807, 2.05) is 13.2 Å². The number of aromatic nitrogens is 2. The summed E-state index contributed by atoms with van der Waals surface area (Å²) in [6, 6.07) is 4.67. The number of nitrogens with zero attached hydrogens (tertiary/aromatic N) is 2. The lowest BCUT2D eigenvalue weighted by Crippen LogP contribution is -2.20. The molecular weight excluding hydrogens is 283 g/mol. The summed E-state index contributed by atoms with van der Waals surface area (Å²) in [5, 5.41) is 7.21. The number of alkyl halides is 3. The molecule has 0 spiro atoms. The number of hydrogen-bond acceptors (Lipinski definition) is 3. The van der Waals surface area contributed by atoms with Crippen LogP contribution in [0.15, 0.2) is 36.7 Å². The highest BCUT2D eigenvalue weighted by molar-refractivity contribution is 5.28. The lowest BCUT2D eigenvalue weighted by Gasteiger charge is -2.09. The molecule has 4 nitrogen and oxygen atoms in total. The summed E-state index contributed by atoms with van der Waals surface area (Å²) in [6.07, 6.45) is -0.642. The van der Waals surface area contributed by atoms with Crippen LogP contribution in [0.25, 0.3) is 0 Å². The predicted octanol–water partition coefficient (Wildman–Crippen LogP) is 2.61. The van der Waals surface area contributed by atoms with E-state index in [9.17, 15) is 13.2 Å². The Morgan fingerprint density at radius 2 is 1.95 bits per heavy atom. The largest absolute Gasteiger partial charge is 0.492 e. The number of rotatable bonds is 6. The summed E-state index contributed by atoms with van der Waals surface area (Å²) >= 11 is 0. The van der Waals surface area contributed by atoms with Gasteiger partial charge in [0.1, 0.15) is 12.4 Å². The summed E-state index contributed by atoms with van der Waals surface area (Å²) in [4.78, 5) is 0. The highest BCUT2D eigenvalue weighted by Gasteiger charge is 2.29. The molecule has 0 saturated heterocycles. The minimum Gasteiger partial charge on any atom is -0.492 e. The van der Waals surface area contributed by atoms with Gasteiger partial charge in [0.25, 0.3) is 0 Å². The lowest BCUT2D eigenvalue weighted by molar-refractivity contribution is -0.137. The molecule has 1 N–H and O–H groups in total. The molecule has 7 heteroatoms. The van der Waals surface area contributed by atoms with E-state index in [1.165, 1.54) is 12.1 Å². The van der Waals surface area contributed by atoms with Gasteiger partial charge in [-0.2, -0.15) is 18.3 Å². The van der Waals surface area contributed by atoms with Gasteiger partial charge >= 0.3 is 6.18 Å². The molecular formula is C14H16F3N3O. The fourth-order valence-corrected chi connectivity index (χ4v) is 1.78. The van der Waals surface area contributed by atoms with Crippen LogP contribution in [0.3, 0.4) is 0 Å². The first kappa shape index (κ1) is 15.4. The van der Waals surface area contributed by atoms with Gasteiger partial charge in [-0.1, -0.05) is 0 Å². The van der Waals surface area contributed by atoms with E-state index in [0.29, 0.717) is 25.4 Å². The first-order valence-corrected chi connectivity index (χ1v) is 6.43. The van der Waals surface area contributed by atoms with Gasteiger partial charge in [0.2, 0.25) is 0 Å². The van der Waals surface area contributed by atoms with E-state index < -0.39 is 11.7 Å². The molecule has 0 aliphatic heterocycles. The molecule has 0 saturated carbocycles. The van der Waals surface area contributed by atoms with Gasteiger partial charge < -0.3 is 10.1 Å². The summed E-state index contributed by atoms with van der Waals surface area (Å²) in [5.41, 5.74) is 0.386. The molecule has 0 atom stereocenters. The number of benzene rings is 1. The molecule has 0 aliphatic carbocycles. The van der Waals surface area contributed by atoms with E-state index in [0.717, 1.165) is 17.7 Å². The molecule has 21 heavy (non-hydrogen) atoms. The molecule has 0 radical (unpaired) electrons. The van der Waals surface area contributed by atoms with Crippen molar-refractivity contribution < 1.29 is 17.9 Å². The minimum absolute atomic E-state index is 0.381. The Morgan fingerprint density at radius 1 is 1.24 bits per heavy atom. The number of halogens is 3. The van der Waals surface area contributed by atoms with Crippen LogP contribution in [0, 0.1) is 0 Å². The second-order valence-corrected chi connectivity index (χ2v) is 4.57. The SMILES string of the molecule is Cn1cc(CNCCOc2ccc(C(F)(F)F)cc2)cn1. The van der Waals surface area contributed by atoms with Crippen molar-refractivity contribution in [3.8, 4) is 5.75 Å². The third-order valence-electron chi connectivity index (χ3n) is 2.82. The monoisotopic (exact) mass is 299 g/mol. The van der Waals surface area contributed by atoms with Gasteiger partial charge in [0.15, 0.2) is 0 Å². The standard InChI is InChI=1S/C14H16F3N3O/c1-20-10-11(9-19-20)8-18-6-7-21-13-4-2-12(3-5-13)14(15,16)17/h2-5,9-10,18H,6-8H2,1H3. The molecule has 2 rings (SSSR count). The number of ether oxygens (including phenoxy) is 1. The highest BCUT2D eigenvalue weighted by atomic mass is 19.4. The van der Waals surface area contributed by atoms with Crippen molar-refractivity contribution >= 4 is 0 Å². The minimum atomic E-state index is -4.32. The van der Waals surface area contributed by atoms with Crippen LogP contribution in [-0.2, 0) is 19.8 Å². The van der Waals surface area contributed by atoms with Crippen molar-refractivity contribution in [1.82, 2.24) is 15.1 Å². The third kappa shape index (κ3) is 4.78. The summed E-state index contributed by atoms with van der Waals surface area (Å²) in [5.74, 6) is 0.422. The maximum atomic E-state index is 12.4. The molecule has 0 fully saturated rings. The topological polar surface area (TPSA) is 39.1 Å². The van der Waals surface area contributed by atoms with E-state index in [4.69, 9.17) is 4.74 Å². The fourth-order valence-electron chi connectivity index (χ4n) is 1.78. The van der Waals surface area contributed by atoms with Gasteiger partial charge in [-0.05, 0) is 24.3 Å². The van der Waals surface area contributed by atoms with Crippen LogP contribution in [0.2, 0.25) is 0 Å². The Balaban J connectivity index is 1.69. The Bertz CT molecular complexity index is 564. The van der Waals surface area contributed by atoms with E-state index in [-0.39, 0.29) is 0 Å². The van der Waals surface area contributed by atoms with Crippen LogP contribution in [0.5, 0.6) is 5.75 Å². The zero-order valence-corrected chi connectivity index (χ0v) is 11.5. The van der Waals surface area contributed by atoms with E-state index >= 15 is 0 Å². The highest BCUT2D eigenvalue weighted by Crippen LogP contribution is 2.30. The van der Waals surface area contributed by atoms with Crippen molar-refractivity contribution in [2.45, 2.75) is 12.7 Å². The van der Waals surface area contributed by atoms with Crippen molar-refractivity contribution in [2.24, 2.45) is 7.05 Å². The van der Waals surface area contributed by atoms with Crippen molar-refractivity contribution in [2.75, 3.05) is 13.2 Å². The zero-order chi connectivity index (χ0) is 15.3. The normalized spacial score (nSPS) is 11.6. The second kappa shape index (κ2) is 6.62. The molecule has 2 aromatic rings. The third-order valence-corrected chi connectivity index (χ3v) is 2.82. The number of nitrogens with one attached hydrogen (secondary N) is 1. The van der Waals surface area contributed by atoms with E-state index in [1.54, 1.807) is 10.9 Å². The van der Waals surface area contributed by atoms with Gasteiger partial charge in [-0.15, -0.1) is 0 Å². The van der Waals surface area contributed by atoms with Crippen molar-refractivity contribution in [3.63, 3.8) is 0 Å². The summed E-state index contributed by atoms with van der Waals surface area (Å²) < 4.78 is 44.2. The van der Waals surface area contributed by atoms with Crippen molar-refractivity contribution in [1.29, 1.82) is 0 Å². The molecule has 0 amide bonds. The predicted molar refractivity (Wildman–Crippen MR) is 71.9 cm³/mol. The molecule has 114 valence electrons. The van der Waals surface area contributed by atoms with Gasteiger partial charge in [0.05, 0.1) is 11.8 Å². The lowest BCUT2D eigenvalue weighted by atomic mass is 10.2. The van der Waals surface area contributed by atoms with Crippen LogP contribution in [0.1, 0.15) is 11.1 Å². The van der Waals surface area contributed by atoms with Crippen molar-refractivity contribution in [3.05, 3.63) is 47.8 Å². The molecule has 0 bridgehead atoms. The second-order valence-electron chi connectivity index (χ2n) is 4.57. The Hall–Kier alpha value is -2.02. The molecule has 1 aromatic carbocycles. The quantitative estimate of drug-likeness (QED) is 0.833. The van der Waals surface area contributed by atoms with Gasteiger partial charge in [-0.25, -0.2) is 0 Å². The number of hydrogen-bond donors (Lipinski definition) is 1. The summed E-state index contributed by atoms with van der Waals surface area (Å²) in [6.45, 7) is 1.64. The Kier molecular flexibility index (Phi) is 4.85. The Morgan fingerprint density at radius 3 is 2.52 bits per heavy atom. The molecule has 0 aliphatic rings. The molecule has 1 aromatic heterocycles. The van der Waals surface area contributed by atoms with Crippen LogP contribution in [0.4, 0.5) is 13.2 Å². The molecule has 1 heterocycles. The smallest absolute Gasteiger partial charge is 0.416 e. The van der Waals surface area contributed by atoms with Crippen LogP contribution < -0.4 is 10.1 Å². The van der Waals surface area contributed by atoms with Gasteiger partial charge in [0, 0.05) is 31.9 Å². The van der Waals surface area contributed by atoms with Crippen LogP contribution in [-0.4, -0.2) is 22.9 Å². The average Bonchev–Trinajstić information content (AvgIpc) is 2.84. The maximum absolute atomic E-state index is 12.4. The number of aryl methyl sites for hydroxylation is 1. The average molecular weight is 299 g/mol. The van der Waals surface area contributed by atoms with Gasteiger partial charge in [-0.3, -0.25) is 4.68 Å². The fraction of sp³-hybridized carbons (Fsp3) is 0.357. The van der Waals surface area contributed by atoms with Crippen LogP contribution >= 0.6 is 0 Å². The van der Waals surface area contributed by atoms with E-state index in [2.05, 4.69) is 10.4 Å². The summed E-state index contributed by atoms with van der Waals surface area (Å²) in [7, 11) is 1.84. The first-order chi connectivity index (χ1) is 9.95. The maximum Gasteiger partial charge on any atom is 0.416 e. The first-order valence-electron chi connectivity index (χ1n) is 6.43. The zero-order valence-electron chi connectivity index (χ0n) is 11.5. The molecule has 0 unspecified atom stereocenters. The Labute approximate surface area is 120 Å².